The van der Waals surface area contributed by atoms with E-state index in [0.29, 0.717) is 22.9 Å². The Hall–Kier alpha value is -4.20. The third-order valence-electron chi connectivity index (χ3n) is 6.07. The lowest BCUT2D eigenvalue weighted by Crippen LogP contribution is -2.45. The number of para-hydroxylation sites is 2. The summed E-state index contributed by atoms with van der Waals surface area (Å²) in [4.78, 5) is 46.8. The molecule has 8 nitrogen and oxygen atoms in total. The van der Waals surface area contributed by atoms with Crippen LogP contribution in [0.2, 0.25) is 0 Å². The molecular weight excluding hydrogens is 458 g/mol. The predicted molar refractivity (Wildman–Crippen MR) is 134 cm³/mol. The highest BCUT2D eigenvalue weighted by Gasteiger charge is 2.45. The largest absolute Gasteiger partial charge is 0.467 e. The Balaban J connectivity index is 1.39. The number of anilines is 1. The van der Waals surface area contributed by atoms with Crippen LogP contribution in [-0.2, 0) is 20.9 Å². The van der Waals surface area contributed by atoms with Crippen LogP contribution < -0.4 is 4.90 Å². The molecule has 1 atom stereocenters. The molecule has 0 N–H and O–H groups in total. The molecule has 1 fully saturated rings. The molecule has 1 aliphatic rings. The Morgan fingerprint density at radius 2 is 1.81 bits per heavy atom. The number of rotatable bonds is 6. The average Bonchev–Trinajstić information content (AvgIpc) is 3.55. The number of oxazole rings is 1. The van der Waals surface area contributed by atoms with Crippen molar-refractivity contribution in [1.82, 2.24) is 9.88 Å². The van der Waals surface area contributed by atoms with E-state index < -0.39 is 11.9 Å². The van der Waals surface area contributed by atoms with E-state index >= 15 is 0 Å². The van der Waals surface area contributed by atoms with Gasteiger partial charge in [-0.1, -0.05) is 32.9 Å². The van der Waals surface area contributed by atoms with Gasteiger partial charge in [0.15, 0.2) is 5.58 Å². The number of hydrogen-bond acceptors (Lipinski definition) is 6. The molecule has 0 radical (unpaired) electrons. The zero-order valence-corrected chi connectivity index (χ0v) is 20.4. The lowest BCUT2D eigenvalue weighted by Gasteiger charge is -2.29. The third-order valence-corrected chi connectivity index (χ3v) is 6.07. The minimum absolute atomic E-state index is 0.0810. The zero-order chi connectivity index (χ0) is 25.4. The molecule has 0 bridgehead atoms. The van der Waals surface area contributed by atoms with Gasteiger partial charge < -0.3 is 13.7 Å². The van der Waals surface area contributed by atoms with Crippen LogP contribution in [-0.4, -0.2) is 33.6 Å². The number of aromatic nitrogens is 1. The Morgan fingerprint density at radius 1 is 1.06 bits per heavy atom. The van der Waals surface area contributed by atoms with Gasteiger partial charge >= 0.3 is 0 Å². The Labute approximate surface area is 208 Å². The van der Waals surface area contributed by atoms with E-state index in [4.69, 9.17) is 8.83 Å². The first-order valence-electron chi connectivity index (χ1n) is 11.8. The Bertz CT molecular complexity index is 1380. The van der Waals surface area contributed by atoms with Crippen molar-refractivity contribution < 1.29 is 23.2 Å². The van der Waals surface area contributed by atoms with Crippen molar-refractivity contribution in [2.75, 3.05) is 4.90 Å². The summed E-state index contributed by atoms with van der Waals surface area (Å²) in [6.45, 7) is 6.00. The first kappa shape index (κ1) is 23.5. The summed E-state index contributed by atoms with van der Waals surface area (Å²) in [6.07, 6.45) is 1.68. The smallest absolute Gasteiger partial charge is 0.257 e. The van der Waals surface area contributed by atoms with Gasteiger partial charge in [-0.2, -0.15) is 0 Å². The molecule has 0 saturated carbocycles. The molecule has 184 valence electrons. The van der Waals surface area contributed by atoms with Crippen molar-refractivity contribution in [3.63, 3.8) is 0 Å². The molecule has 4 aromatic rings. The van der Waals surface area contributed by atoms with E-state index in [9.17, 15) is 14.4 Å². The maximum Gasteiger partial charge on any atom is 0.257 e. The minimum atomic E-state index is -0.894. The molecule has 3 amide bonds. The Kier molecular flexibility index (Phi) is 5.96. The number of imide groups is 1. The van der Waals surface area contributed by atoms with Crippen molar-refractivity contribution in [3.05, 3.63) is 72.7 Å². The SMILES string of the molecule is CC(C)(C)CC(=O)N(Cc1ccco1)C1CC(=O)N(c2ccc(-c3nc4ccccc4o3)cc2)C1=O. The second kappa shape index (κ2) is 9.11. The summed E-state index contributed by atoms with van der Waals surface area (Å²) < 4.78 is 11.3. The highest BCUT2D eigenvalue weighted by atomic mass is 16.3. The van der Waals surface area contributed by atoms with Crippen LogP contribution >= 0.6 is 0 Å². The zero-order valence-electron chi connectivity index (χ0n) is 20.4. The van der Waals surface area contributed by atoms with Crippen molar-refractivity contribution in [1.29, 1.82) is 0 Å². The van der Waals surface area contributed by atoms with Gasteiger partial charge in [-0.25, -0.2) is 9.88 Å². The van der Waals surface area contributed by atoms with Gasteiger partial charge in [0.25, 0.3) is 5.91 Å². The quantitative estimate of drug-likeness (QED) is 0.349. The number of hydrogen-bond donors (Lipinski definition) is 0. The molecule has 2 aromatic carbocycles. The van der Waals surface area contributed by atoms with Gasteiger partial charge in [-0.3, -0.25) is 14.4 Å². The normalized spacial score (nSPS) is 16.2. The van der Waals surface area contributed by atoms with Gasteiger partial charge in [0.1, 0.15) is 17.3 Å². The van der Waals surface area contributed by atoms with Crippen molar-refractivity contribution in [2.45, 2.75) is 46.2 Å². The van der Waals surface area contributed by atoms with Gasteiger partial charge in [0, 0.05) is 12.0 Å². The maximum atomic E-state index is 13.5. The van der Waals surface area contributed by atoms with E-state index in [1.807, 2.05) is 45.0 Å². The molecule has 3 heterocycles. The predicted octanol–water partition coefficient (Wildman–Crippen LogP) is 5.18. The molecule has 0 aliphatic carbocycles. The third kappa shape index (κ3) is 4.66. The molecule has 2 aromatic heterocycles. The fraction of sp³-hybridized carbons (Fsp3) is 0.286. The maximum absolute atomic E-state index is 13.5. The number of carbonyl (C=O) groups is 3. The van der Waals surface area contributed by atoms with Gasteiger partial charge in [0.05, 0.1) is 24.9 Å². The number of amides is 3. The highest BCUT2D eigenvalue weighted by Crippen LogP contribution is 2.31. The summed E-state index contributed by atoms with van der Waals surface area (Å²) in [5.41, 5.74) is 2.32. The number of benzene rings is 2. The monoisotopic (exact) mass is 485 g/mol. The van der Waals surface area contributed by atoms with Crippen molar-refractivity contribution in [3.8, 4) is 11.5 Å². The van der Waals surface area contributed by atoms with Crippen molar-refractivity contribution in [2.24, 2.45) is 5.41 Å². The number of fused-ring (bicyclic) bond motifs is 1. The van der Waals surface area contributed by atoms with Crippen molar-refractivity contribution >= 4 is 34.5 Å². The summed E-state index contributed by atoms with van der Waals surface area (Å²) >= 11 is 0. The van der Waals surface area contributed by atoms with E-state index in [1.54, 1.807) is 36.4 Å². The van der Waals surface area contributed by atoms with Gasteiger partial charge in [-0.05, 0) is 53.9 Å². The molecule has 5 rings (SSSR count). The molecule has 1 saturated heterocycles. The molecule has 1 aliphatic heterocycles. The second-order valence-electron chi connectivity index (χ2n) is 10.2. The van der Waals surface area contributed by atoms with Gasteiger partial charge in [0.2, 0.25) is 17.7 Å². The van der Waals surface area contributed by atoms with Crippen LogP contribution in [0.5, 0.6) is 0 Å². The number of carbonyl (C=O) groups excluding carboxylic acids is 3. The van der Waals surface area contributed by atoms with Gasteiger partial charge in [-0.15, -0.1) is 0 Å². The topological polar surface area (TPSA) is 96.9 Å². The highest BCUT2D eigenvalue weighted by molar-refractivity contribution is 6.23. The second-order valence-corrected chi connectivity index (χ2v) is 10.2. The average molecular weight is 486 g/mol. The standard InChI is InChI=1S/C28H27N3O5/c1-28(2,3)16-25(33)30(17-20-7-6-14-35-20)22-15-24(32)31(27(22)34)19-12-10-18(11-13-19)26-29-21-8-4-5-9-23(21)36-26/h4-14,22H,15-17H2,1-3H3. The lowest BCUT2D eigenvalue weighted by atomic mass is 9.91. The molecule has 36 heavy (non-hydrogen) atoms. The summed E-state index contributed by atoms with van der Waals surface area (Å²) in [5.74, 6) is 0.0324. The first-order valence-corrected chi connectivity index (χ1v) is 11.8. The first-order chi connectivity index (χ1) is 17.2. The summed E-state index contributed by atoms with van der Waals surface area (Å²) in [5, 5.41) is 0. The Morgan fingerprint density at radius 3 is 2.47 bits per heavy atom. The summed E-state index contributed by atoms with van der Waals surface area (Å²) in [6, 6.07) is 17.0. The van der Waals surface area contributed by atoms with E-state index in [-0.39, 0.29) is 36.6 Å². The fourth-order valence-electron chi connectivity index (χ4n) is 4.38. The molecule has 1 unspecified atom stereocenters. The van der Waals surface area contributed by atoms with E-state index in [1.165, 1.54) is 11.2 Å². The molecular formula is C28H27N3O5. The molecule has 0 spiro atoms. The van der Waals surface area contributed by atoms with Crippen LogP contribution in [0.4, 0.5) is 5.69 Å². The van der Waals surface area contributed by atoms with Crippen LogP contribution in [0.3, 0.4) is 0 Å². The minimum Gasteiger partial charge on any atom is -0.467 e. The fourth-order valence-corrected chi connectivity index (χ4v) is 4.38. The number of furan rings is 1. The van der Waals surface area contributed by atoms with Crippen LogP contribution in [0.15, 0.2) is 75.8 Å². The molecule has 8 heteroatoms. The summed E-state index contributed by atoms with van der Waals surface area (Å²) in [7, 11) is 0. The van der Waals surface area contributed by atoms with Crippen LogP contribution in [0.25, 0.3) is 22.6 Å². The lowest BCUT2D eigenvalue weighted by molar-refractivity contribution is -0.140. The van der Waals surface area contributed by atoms with E-state index in [0.717, 1.165) is 16.0 Å². The van der Waals surface area contributed by atoms with Crippen LogP contribution in [0.1, 0.15) is 39.4 Å². The number of nitrogens with zero attached hydrogens (tertiary/aromatic N) is 3. The van der Waals surface area contributed by atoms with E-state index in [2.05, 4.69) is 4.98 Å². The van der Waals surface area contributed by atoms with Crippen LogP contribution in [0, 0.1) is 5.41 Å².